The monoisotopic (exact) mass is 845 g/mol. The van der Waals surface area contributed by atoms with E-state index in [1.807, 2.05) is 24.3 Å². The topological polar surface area (TPSA) is 63.0 Å². The van der Waals surface area contributed by atoms with Crippen molar-refractivity contribution in [2.45, 2.75) is 6.17 Å². The molecule has 1 N–H and O–H groups in total. The van der Waals surface area contributed by atoms with Crippen LogP contribution >= 0.6 is 0 Å². The molecule has 0 amide bonds. The maximum atomic E-state index is 6.88. The summed E-state index contributed by atoms with van der Waals surface area (Å²) in [5, 5.41) is 10.4. The highest BCUT2D eigenvalue weighted by Gasteiger charge is 2.24. The van der Waals surface area contributed by atoms with Gasteiger partial charge in [-0.2, -0.15) is 0 Å². The number of nitrogens with one attached hydrogen (secondary N) is 1. The minimum Gasteiger partial charge on any atom is -0.456 e. The Kier molecular flexibility index (Phi) is 8.84. The SMILES string of the molecule is c1ccc(-c2ccc(C3=NC(c4ccc5c(c4)oc4ccccc45)NC(c4ccc(-c5ccc(-c6ccc(-c7ccccc7)cc6)c6oc7cc8ccccc8cc7c56)cc4)=N3)cc2)cc1. The van der Waals surface area contributed by atoms with Gasteiger partial charge in [-0.1, -0.05) is 194 Å². The predicted octanol–water partition coefficient (Wildman–Crippen LogP) is 15.8. The van der Waals surface area contributed by atoms with E-state index in [-0.39, 0.29) is 0 Å². The lowest BCUT2D eigenvalue weighted by Gasteiger charge is -2.24. The zero-order valence-corrected chi connectivity index (χ0v) is 35.7. The van der Waals surface area contributed by atoms with E-state index in [1.54, 1.807) is 0 Å². The molecule has 0 aliphatic carbocycles. The first-order valence-electron chi connectivity index (χ1n) is 22.3. The fourth-order valence-corrected chi connectivity index (χ4v) is 9.56. The molecule has 310 valence electrons. The number of benzene rings is 10. The number of aliphatic imine (C=N–C) groups is 2. The molecule has 66 heavy (non-hydrogen) atoms. The normalized spacial score (nSPS) is 13.9. The van der Waals surface area contributed by atoms with Crippen molar-refractivity contribution in [2.75, 3.05) is 0 Å². The Labute approximate surface area is 380 Å². The van der Waals surface area contributed by atoms with Crippen LogP contribution in [-0.4, -0.2) is 11.7 Å². The molecule has 0 spiro atoms. The van der Waals surface area contributed by atoms with Gasteiger partial charge in [-0.05, 0) is 80.0 Å². The van der Waals surface area contributed by atoms with E-state index in [0.717, 1.165) is 99.6 Å². The third-order valence-corrected chi connectivity index (χ3v) is 13.0. The van der Waals surface area contributed by atoms with Crippen molar-refractivity contribution >= 4 is 66.3 Å². The first-order chi connectivity index (χ1) is 32.7. The molecule has 13 rings (SSSR count). The van der Waals surface area contributed by atoms with E-state index < -0.39 is 6.17 Å². The summed E-state index contributed by atoms with van der Waals surface area (Å²) in [4.78, 5) is 10.4. The van der Waals surface area contributed by atoms with Crippen molar-refractivity contribution in [3.8, 4) is 44.5 Å². The van der Waals surface area contributed by atoms with Gasteiger partial charge in [0.2, 0.25) is 0 Å². The van der Waals surface area contributed by atoms with Crippen LogP contribution in [0.25, 0.3) is 99.2 Å². The first kappa shape index (κ1) is 37.7. The fraction of sp³-hybridized carbons (Fsp3) is 0.0164. The third kappa shape index (κ3) is 6.56. The molecule has 2 aromatic heterocycles. The lowest BCUT2D eigenvalue weighted by Crippen LogP contribution is -2.33. The highest BCUT2D eigenvalue weighted by molar-refractivity contribution is 6.19. The van der Waals surface area contributed by atoms with Gasteiger partial charge < -0.3 is 14.2 Å². The largest absolute Gasteiger partial charge is 0.456 e. The minimum atomic E-state index is -0.403. The van der Waals surface area contributed by atoms with Gasteiger partial charge in [-0.25, -0.2) is 9.98 Å². The Balaban J connectivity index is 0.900. The van der Waals surface area contributed by atoms with Crippen molar-refractivity contribution in [1.29, 1.82) is 0 Å². The summed E-state index contributed by atoms with van der Waals surface area (Å²) in [6.07, 6.45) is -0.403. The molecule has 0 fully saturated rings. The van der Waals surface area contributed by atoms with Gasteiger partial charge in [0.05, 0.1) is 0 Å². The number of nitrogens with zero attached hydrogens (tertiary/aromatic N) is 2. The molecule has 1 unspecified atom stereocenters. The summed E-state index contributed by atoms with van der Waals surface area (Å²) >= 11 is 0. The molecule has 1 aliphatic rings. The van der Waals surface area contributed by atoms with E-state index in [4.69, 9.17) is 18.8 Å². The number of amidine groups is 2. The molecule has 10 aromatic carbocycles. The van der Waals surface area contributed by atoms with Crippen LogP contribution in [0.2, 0.25) is 0 Å². The zero-order valence-electron chi connectivity index (χ0n) is 35.7. The number of hydrogen-bond donors (Lipinski definition) is 1. The Morgan fingerprint density at radius 3 is 1.61 bits per heavy atom. The quantitative estimate of drug-likeness (QED) is 0.174. The van der Waals surface area contributed by atoms with Gasteiger partial charge in [-0.15, -0.1) is 0 Å². The lowest BCUT2D eigenvalue weighted by atomic mass is 9.93. The second-order valence-electron chi connectivity index (χ2n) is 16.9. The second-order valence-corrected chi connectivity index (χ2v) is 16.9. The Hall–Kier alpha value is -8.80. The van der Waals surface area contributed by atoms with E-state index in [1.165, 1.54) is 22.1 Å². The Morgan fingerprint density at radius 1 is 0.364 bits per heavy atom. The molecule has 1 atom stereocenters. The summed E-state index contributed by atoms with van der Waals surface area (Å²) in [6.45, 7) is 0. The molecule has 5 heteroatoms. The number of hydrogen-bond acceptors (Lipinski definition) is 5. The van der Waals surface area contributed by atoms with Crippen molar-refractivity contribution in [1.82, 2.24) is 5.32 Å². The molecular weight excluding hydrogens is 807 g/mol. The number of furan rings is 2. The van der Waals surface area contributed by atoms with E-state index in [9.17, 15) is 0 Å². The highest BCUT2D eigenvalue weighted by atomic mass is 16.3. The van der Waals surface area contributed by atoms with Gasteiger partial charge in [0.25, 0.3) is 0 Å². The highest BCUT2D eigenvalue weighted by Crippen LogP contribution is 2.43. The molecule has 12 aromatic rings. The van der Waals surface area contributed by atoms with Crippen LogP contribution in [0.15, 0.2) is 243 Å². The number of fused-ring (bicyclic) bond motifs is 7. The smallest absolute Gasteiger partial charge is 0.159 e. The Morgan fingerprint density at radius 2 is 0.894 bits per heavy atom. The van der Waals surface area contributed by atoms with Crippen LogP contribution in [0.4, 0.5) is 0 Å². The van der Waals surface area contributed by atoms with Gasteiger partial charge in [0.1, 0.15) is 34.3 Å². The summed E-state index contributed by atoms with van der Waals surface area (Å²) < 4.78 is 13.2. The van der Waals surface area contributed by atoms with Gasteiger partial charge in [-0.3, -0.25) is 0 Å². The minimum absolute atomic E-state index is 0.403. The molecule has 5 nitrogen and oxygen atoms in total. The predicted molar refractivity (Wildman–Crippen MR) is 272 cm³/mol. The lowest BCUT2D eigenvalue weighted by molar-refractivity contribution is 0.655. The van der Waals surface area contributed by atoms with E-state index in [0.29, 0.717) is 5.84 Å². The number of para-hydroxylation sites is 1. The number of rotatable bonds is 7. The van der Waals surface area contributed by atoms with Crippen LogP contribution in [0.1, 0.15) is 22.9 Å². The van der Waals surface area contributed by atoms with E-state index in [2.05, 4.69) is 206 Å². The van der Waals surface area contributed by atoms with Crippen LogP contribution in [-0.2, 0) is 0 Å². The summed E-state index contributed by atoms with van der Waals surface area (Å²) in [7, 11) is 0. The summed E-state index contributed by atoms with van der Waals surface area (Å²) in [5.41, 5.74) is 15.3. The first-order valence-corrected chi connectivity index (χ1v) is 22.3. The molecule has 0 bridgehead atoms. The van der Waals surface area contributed by atoms with Crippen LogP contribution < -0.4 is 5.32 Å². The van der Waals surface area contributed by atoms with Crippen LogP contribution in [0.5, 0.6) is 0 Å². The zero-order chi connectivity index (χ0) is 43.6. The van der Waals surface area contributed by atoms with Gasteiger partial charge >= 0.3 is 0 Å². The molecular formula is C61H39N3O2. The Bertz CT molecular complexity index is 3860. The maximum absolute atomic E-state index is 6.88. The van der Waals surface area contributed by atoms with Crippen molar-refractivity contribution < 1.29 is 8.83 Å². The second kappa shape index (κ2) is 15.5. The standard InChI is InChI=1S/C61H39N3O2/c1-3-11-38(12-4-1)40-19-23-43(24-20-40)50-34-33-49(57-53-35-46-15-7-8-16-47(46)36-56(53)66-58(50)57)42-25-29-45(30-26-42)60-62-59(44-27-21-41(22-28-44)39-13-5-2-6-14-39)63-61(64-60)48-31-32-52-51-17-9-10-18-54(51)65-55(52)37-48/h1-37,61H,(H,62,63,64). The third-order valence-electron chi connectivity index (χ3n) is 13.0. The summed E-state index contributed by atoms with van der Waals surface area (Å²) in [5.74, 6) is 1.40. The van der Waals surface area contributed by atoms with Crippen LogP contribution in [0.3, 0.4) is 0 Å². The van der Waals surface area contributed by atoms with Crippen molar-refractivity contribution in [2.24, 2.45) is 9.98 Å². The molecule has 3 heterocycles. The molecule has 1 aliphatic heterocycles. The van der Waals surface area contributed by atoms with Gasteiger partial charge in [0, 0.05) is 43.8 Å². The van der Waals surface area contributed by atoms with Gasteiger partial charge in [0.15, 0.2) is 5.84 Å². The van der Waals surface area contributed by atoms with Crippen molar-refractivity contribution in [3.63, 3.8) is 0 Å². The maximum Gasteiger partial charge on any atom is 0.159 e. The van der Waals surface area contributed by atoms with Crippen molar-refractivity contribution in [3.05, 3.63) is 241 Å². The molecule has 0 radical (unpaired) electrons. The average molecular weight is 846 g/mol. The fourth-order valence-electron chi connectivity index (χ4n) is 9.56. The van der Waals surface area contributed by atoms with E-state index >= 15 is 0 Å². The molecule has 0 saturated heterocycles. The van der Waals surface area contributed by atoms with Crippen LogP contribution in [0, 0.1) is 0 Å². The molecule has 0 saturated carbocycles. The average Bonchev–Trinajstić information content (AvgIpc) is 3.96. The summed E-state index contributed by atoms with van der Waals surface area (Å²) in [6, 6.07) is 78.8.